The lowest BCUT2D eigenvalue weighted by Gasteiger charge is -2.30. The third-order valence-corrected chi connectivity index (χ3v) is 4.70. The summed E-state index contributed by atoms with van der Waals surface area (Å²) >= 11 is 0. The van der Waals surface area contributed by atoms with Crippen LogP contribution in [0.15, 0.2) is 47.7 Å². The number of nitrogens with zero attached hydrogens (tertiary/aromatic N) is 1. The van der Waals surface area contributed by atoms with Crippen molar-refractivity contribution >= 4 is 6.09 Å². The minimum atomic E-state index is -0.555. The van der Waals surface area contributed by atoms with Gasteiger partial charge in [0, 0.05) is 6.08 Å². The van der Waals surface area contributed by atoms with Crippen LogP contribution in [0.4, 0.5) is 4.79 Å². The molecule has 1 saturated heterocycles. The SMILES string of the molecule is CCCCCCC(C)=C=C[C@H]1OC[C@@H](c2ccccc2)N1C(=O)OC(C)(C)C. The Morgan fingerprint density at radius 2 is 1.96 bits per heavy atom. The van der Waals surface area contributed by atoms with E-state index < -0.39 is 11.8 Å². The minimum absolute atomic E-state index is 0.163. The molecule has 1 aliphatic rings. The van der Waals surface area contributed by atoms with Crippen molar-refractivity contribution in [2.24, 2.45) is 0 Å². The molecule has 4 nitrogen and oxygen atoms in total. The molecule has 0 radical (unpaired) electrons. The summed E-state index contributed by atoms with van der Waals surface area (Å²) in [5.74, 6) is 0. The molecule has 2 atom stereocenters. The molecule has 1 aliphatic heterocycles. The summed E-state index contributed by atoms with van der Waals surface area (Å²) in [5, 5.41) is 0. The van der Waals surface area contributed by atoms with Crippen molar-refractivity contribution in [2.45, 2.75) is 84.6 Å². The van der Waals surface area contributed by atoms with Gasteiger partial charge in [0.2, 0.25) is 0 Å². The number of carbonyl (C=O) groups is 1. The van der Waals surface area contributed by atoms with E-state index in [1.807, 2.05) is 57.2 Å². The molecule has 1 heterocycles. The van der Waals surface area contributed by atoms with Gasteiger partial charge in [0.15, 0.2) is 6.23 Å². The topological polar surface area (TPSA) is 38.8 Å². The maximum absolute atomic E-state index is 12.9. The Morgan fingerprint density at radius 3 is 2.61 bits per heavy atom. The fraction of sp³-hybridized carbons (Fsp3) is 0.583. The Hall–Kier alpha value is -2.03. The number of benzene rings is 1. The molecule has 4 heteroatoms. The largest absolute Gasteiger partial charge is 0.444 e. The minimum Gasteiger partial charge on any atom is -0.444 e. The highest BCUT2D eigenvalue weighted by Crippen LogP contribution is 2.32. The lowest BCUT2D eigenvalue weighted by atomic mass is 10.1. The molecule has 0 bridgehead atoms. The Kier molecular flexibility index (Phi) is 8.35. The zero-order chi connectivity index (χ0) is 20.6. The first-order chi connectivity index (χ1) is 13.3. The molecule has 0 saturated carbocycles. The predicted octanol–water partition coefficient (Wildman–Crippen LogP) is 6.39. The van der Waals surface area contributed by atoms with Crippen molar-refractivity contribution in [1.82, 2.24) is 4.90 Å². The summed E-state index contributed by atoms with van der Waals surface area (Å²) < 4.78 is 11.6. The zero-order valence-electron chi connectivity index (χ0n) is 18.0. The normalized spacial score (nSPS) is 19.2. The fourth-order valence-corrected chi connectivity index (χ4v) is 3.24. The van der Waals surface area contributed by atoms with Crippen molar-refractivity contribution in [2.75, 3.05) is 6.61 Å². The van der Waals surface area contributed by atoms with E-state index in [1.165, 1.54) is 31.3 Å². The Labute approximate surface area is 170 Å². The van der Waals surface area contributed by atoms with Crippen molar-refractivity contribution in [3.63, 3.8) is 0 Å². The van der Waals surface area contributed by atoms with Crippen LogP contribution in [0.25, 0.3) is 0 Å². The van der Waals surface area contributed by atoms with Crippen LogP contribution in [-0.2, 0) is 9.47 Å². The highest BCUT2D eigenvalue weighted by molar-refractivity contribution is 5.70. The van der Waals surface area contributed by atoms with E-state index >= 15 is 0 Å². The van der Waals surface area contributed by atoms with Crippen LogP contribution in [0.1, 0.15) is 78.3 Å². The molecule has 1 amide bonds. The van der Waals surface area contributed by atoms with Crippen LogP contribution < -0.4 is 0 Å². The number of rotatable bonds is 7. The number of carbonyl (C=O) groups excluding carboxylic acids is 1. The Morgan fingerprint density at radius 1 is 1.25 bits per heavy atom. The molecule has 0 unspecified atom stereocenters. The average molecular weight is 386 g/mol. The van der Waals surface area contributed by atoms with Crippen molar-refractivity contribution in [3.8, 4) is 0 Å². The lowest BCUT2D eigenvalue weighted by Crippen LogP contribution is -2.40. The molecule has 1 fully saturated rings. The maximum Gasteiger partial charge on any atom is 0.413 e. The second kappa shape index (κ2) is 10.5. The molecule has 154 valence electrons. The van der Waals surface area contributed by atoms with Gasteiger partial charge in [-0.3, -0.25) is 4.90 Å². The van der Waals surface area contributed by atoms with Gasteiger partial charge in [-0.25, -0.2) is 4.79 Å². The summed E-state index contributed by atoms with van der Waals surface area (Å²) in [6, 6.07) is 9.81. The monoisotopic (exact) mass is 385 g/mol. The summed E-state index contributed by atoms with van der Waals surface area (Å²) in [5.41, 5.74) is 5.02. The van der Waals surface area contributed by atoms with E-state index in [4.69, 9.17) is 9.47 Å². The molecule has 0 aliphatic carbocycles. The molecule has 1 aromatic rings. The summed E-state index contributed by atoms with van der Waals surface area (Å²) in [6.45, 7) is 10.4. The van der Waals surface area contributed by atoms with Crippen LogP contribution in [-0.4, -0.2) is 29.4 Å². The van der Waals surface area contributed by atoms with Crippen LogP contribution in [0.5, 0.6) is 0 Å². The number of amides is 1. The first-order valence-electron chi connectivity index (χ1n) is 10.4. The van der Waals surface area contributed by atoms with E-state index in [0.717, 1.165) is 12.0 Å². The average Bonchev–Trinajstić information content (AvgIpc) is 3.07. The summed E-state index contributed by atoms with van der Waals surface area (Å²) in [6.07, 6.45) is 6.99. The molecule has 0 N–H and O–H groups in total. The number of unbranched alkanes of at least 4 members (excludes halogenated alkanes) is 3. The van der Waals surface area contributed by atoms with Gasteiger partial charge in [-0.15, -0.1) is 5.73 Å². The van der Waals surface area contributed by atoms with Gasteiger partial charge in [-0.1, -0.05) is 56.5 Å². The Balaban J connectivity index is 2.17. The predicted molar refractivity (Wildman–Crippen MR) is 113 cm³/mol. The second-order valence-corrected chi connectivity index (χ2v) is 8.44. The zero-order valence-corrected chi connectivity index (χ0v) is 18.0. The summed E-state index contributed by atoms with van der Waals surface area (Å²) in [7, 11) is 0. The van der Waals surface area contributed by atoms with Crippen LogP contribution in [0.2, 0.25) is 0 Å². The molecule has 1 aromatic carbocycles. The maximum atomic E-state index is 12.9. The van der Waals surface area contributed by atoms with E-state index in [0.29, 0.717) is 6.61 Å². The number of hydrogen-bond donors (Lipinski definition) is 0. The van der Waals surface area contributed by atoms with Gasteiger partial charge < -0.3 is 9.47 Å². The molecule has 0 aromatic heterocycles. The number of ether oxygens (including phenoxy) is 2. The molecular weight excluding hydrogens is 350 g/mol. The van der Waals surface area contributed by atoms with Crippen molar-refractivity contribution < 1.29 is 14.3 Å². The molecular formula is C24H35NO3. The van der Waals surface area contributed by atoms with Gasteiger partial charge in [-0.05, 0) is 51.7 Å². The van der Waals surface area contributed by atoms with Crippen molar-refractivity contribution in [1.29, 1.82) is 0 Å². The molecule has 28 heavy (non-hydrogen) atoms. The van der Waals surface area contributed by atoms with E-state index in [1.54, 1.807) is 4.90 Å². The first kappa shape index (κ1) is 22.3. The smallest absolute Gasteiger partial charge is 0.413 e. The van der Waals surface area contributed by atoms with E-state index in [-0.39, 0.29) is 12.1 Å². The van der Waals surface area contributed by atoms with Gasteiger partial charge in [0.25, 0.3) is 0 Å². The van der Waals surface area contributed by atoms with E-state index in [9.17, 15) is 4.79 Å². The van der Waals surface area contributed by atoms with Crippen LogP contribution in [0, 0.1) is 0 Å². The van der Waals surface area contributed by atoms with Crippen molar-refractivity contribution in [3.05, 3.63) is 53.3 Å². The third kappa shape index (κ3) is 6.85. The third-order valence-electron chi connectivity index (χ3n) is 4.70. The van der Waals surface area contributed by atoms with Crippen LogP contribution in [0.3, 0.4) is 0 Å². The lowest BCUT2D eigenvalue weighted by molar-refractivity contribution is 0.000967. The molecule has 2 rings (SSSR count). The van der Waals surface area contributed by atoms with E-state index in [2.05, 4.69) is 19.6 Å². The van der Waals surface area contributed by atoms with Gasteiger partial charge >= 0.3 is 6.09 Å². The standard InChI is InChI=1S/C24H35NO3/c1-6-7-8-10-13-19(2)16-17-22-25(23(26)28-24(3,4)5)21(18-27-22)20-14-11-9-12-15-20/h9,11-12,14-15,17,21-22H,6-8,10,13,18H2,1-5H3/t16?,21-,22+/m0/s1. The fourth-order valence-electron chi connectivity index (χ4n) is 3.24. The second-order valence-electron chi connectivity index (χ2n) is 8.44. The summed E-state index contributed by atoms with van der Waals surface area (Å²) in [4.78, 5) is 14.6. The van der Waals surface area contributed by atoms with Gasteiger partial charge in [0.05, 0.1) is 12.6 Å². The van der Waals surface area contributed by atoms with Gasteiger partial charge in [0.1, 0.15) is 5.60 Å². The first-order valence-corrected chi connectivity index (χ1v) is 10.4. The Bertz CT molecular complexity index is 684. The van der Waals surface area contributed by atoms with Gasteiger partial charge in [-0.2, -0.15) is 0 Å². The quantitative estimate of drug-likeness (QED) is 0.403. The highest BCUT2D eigenvalue weighted by atomic mass is 16.6. The number of hydrogen-bond acceptors (Lipinski definition) is 3. The van der Waals surface area contributed by atoms with Crippen LogP contribution >= 0.6 is 0 Å². The molecule has 0 spiro atoms. The highest BCUT2D eigenvalue weighted by Gasteiger charge is 2.40.